The highest BCUT2D eigenvalue weighted by atomic mass is 32.1. The number of hydrogen-bond acceptors (Lipinski definition) is 9. The third-order valence-electron chi connectivity index (χ3n) is 7.19. The van der Waals surface area contributed by atoms with Gasteiger partial charge in [0.05, 0.1) is 31.2 Å². The molecule has 43 heavy (non-hydrogen) atoms. The smallest absolute Gasteiger partial charge is 0.348 e. The van der Waals surface area contributed by atoms with E-state index in [1.807, 2.05) is 39.0 Å². The highest BCUT2D eigenvalue weighted by Gasteiger charge is 2.39. The summed E-state index contributed by atoms with van der Waals surface area (Å²) in [6.07, 6.45) is 0. The molecule has 0 atom stereocenters. The quantitative estimate of drug-likeness (QED) is 0.181. The molecule has 0 unspecified atom stereocenters. The van der Waals surface area contributed by atoms with E-state index in [2.05, 4.69) is 5.32 Å². The SMILES string of the molecule is COc1ccc(C(=O)Oc2ccc(-c3ccc4c(c3COC(=O)c3ccc(C)s3)N(C)C(=O)C(C)(C)N4)c(OC)c2)cc1. The number of hydrogen-bond donors (Lipinski definition) is 1. The molecule has 1 aliphatic rings. The molecule has 3 aromatic carbocycles. The van der Waals surface area contributed by atoms with E-state index in [0.29, 0.717) is 44.3 Å². The molecule has 1 aliphatic heterocycles. The van der Waals surface area contributed by atoms with Crippen molar-refractivity contribution in [2.75, 3.05) is 31.5 Å². The summed E-state index contributed by atoms with van der Waals surface area (Å²) in [5, 5.41) is 3.31. The lowest BCUT2D eigenvalue weighted by molar-refractivity contribution is -0.121. The fourth-order valence-corrected chi connectivity index (χ4v) is 5.79. The van der Waals surface area contributed by atoms with Gasteiger partial charge in [-0.2, -0.15) is 0 Å². The van der Waals surface area contributed by atoms with Crippen molar-refractivity contribution in [3.05, 3.63) is 87.6 Å². The van der Waals surface area contributed by atoms with Crippen LogP contribution >= 0.6 is 11.3 Å². The first-order chi connectivity index (χ1) is 20.5. The van der Waals surface area contributed by atoms with Gasteiger partial charge in [0.2, 0.25) is 0 Å². The third-order valence-corrected chi connectivity index (χ3v) is 8.17. The van der Waals surface area contributed by atoms with E-state index < -0.39 is 17.5 Å². The first-order valence-electron chi connectivity index (χ1n) is 13.5. The number of anilines is 2. The minimum absolute atomic E-state index is 0.0919. The average molecular weight is 601 g/mol. The summed E-state index contributed by atoms with van der Waals surface area (Å²) in [5.41, 5.74) is 2.87. The molecule has 0 bridgehead atoms. The second-order valence-corrected chi connectivity index (χ2v) is 11.9. The van der Waals surface area contributed by atoms with Crippen molar-refractivity contribution in [2.45, 2.75) is 32.9 Å². The van der Waals surface area contributed by atoms with Crippen molar-refractivity contribution in [3.8, 4) is 28.4 Å². The predicted molar refractivity (Wildman–Crippen MR) is 166 cm³/mol. The van der Waals surface area contributed by atoms with E-state index in [1.54, 1.807) is 67.6 Å². The Balaban J connectivity index is 1.52. The van der Waals surface area contributed by atoms with Crippen molar-refractivity contribution in [1.29, 1.82) is 0 Å². The molecule has 0 spiro atoms. The van der Waals surface area contributed by atoms with Gasteiger partial charge in [0, 0.05) is 29.1 Å². The van der Waals surface area contributed by atoms with Crippen LogP contribution in [0, 0.1) is 6.92 Å². The maximum atomic E-state index is 13.3. The highest BCUT2D eigenvalue weighted by Crippen LogP contribution is 2.45. The summed E-state index contributed by atoms with van der Waals surface area (Å²) in [5.74, 6) is 0.233. The molecule has 9 nitrogen and oxygen atoms in total. The van der Waals surface area contributed by atoms with Crippen molar-refractivity contribution in [1.82, 2.24) is 0 Å². The molecule has 0 fully saturated rings. The van der Waals surface area contributed by atoms with E-state index >= 15 is 0 Å². The number of nitrogens with one attached hydrogen (secondary N) is 1. The molecule has 1 aromatic heterocycles. The number of carbonyl (C=O) groups is 3. The van der Waals surface area contributed by atoms with E-state index in [-0.39, 0.29) is 18.3 Å². The molecular formula is C33H32N2O7S. The second kappa shape index (κ2) is 11.8. The van der Waals surface area contributed by atoms with Gasteiger partial charge in [-0.05, 0) is 80.9 Å². The minimum atomic E-state index is -0.821. The van der Waals surface area contributed by atoms with Gasteiger partial charge in [-0.15, -0.1) is 11.3 Å². The number of thiophene rings is 1. The van der Waals surface area contributed by atoms with Crippen LogP contribution in [0.5, 0.6) is 17.2 Å². The first kappa shape index (κ1) is 29.7. The normalized spacial score (nSPS) is 13.5. The van der Waals surface area contributed by atoms with Crippen molar-refractivity contribution < 1.29 is 33.3 Å². The lowest BCUT2D eigenvalue weighted by Crippen LogP contribution is -2.52. The summed E-state index contributed by atoms with van der Waals surface area (Å²) in [4.78, 5) is 42.1. The number of fused-ring (bicyclic) bond motifs is 1. The van der Waals surface area contributed by atoms with Crippen molar-refractivity contribution in [3.63, 3.8) is 0 Å². The lowest BCUT2D eigenvalue weighted by atomic mass is 9.91. The Labute approximate surface area is 254 Å². The number of ether oxygens (including phenoxy) is 4. The molecule has 1 N–H and O–H groups in total. The highest BCUT2D eigenvalue weighted by molar-refractivity contribution is 7.13. The number of carbonyl (C=O) groups excluding carboxylic acids is 3. The molecule has 1 amide bonds. The van der Waals surface area contributed by atoms with Crippen LogP contribution < -0.4 is 24.4 Å². The number of nitrogens with zero attached hydrogens (tertiary/aromatic N) is 1. The van der Waals surface area contributed by atoms with Crippen LogP contribution in [-0.4, -0.2) is 44.7 Å². The van der Waals surface area contributed by atoms with Crippen LogP contribution in [0.4, 0.5) is 11.4 Å². The first-order valence-corrected chi connectivity index (χ1v) is 14.3. The molecule has 0 aliphatic carbocycles. The molecular weight excluding hydrogens is 568 g/mol. The summed E-state index contributed by atoms with van der Waals surface area (Å²) in [6, 6.07) is 19.1. The number of likely N-dealkylation sites (N-methyl/N-ethyl adjacent to an activating group) is 1. The second-order valence-electron chi connectivity index (χ2n) is 10.6. The topological polar surface area (TPSA) is 103 Å². The molecule has 0 saturated carbocycles. The van der Waals surface area contributed by atoms with Gasteiger partial charge in [0.1, 0.15) is 34.3 Å². The van der Waals surface area contributed by atoms with Crippen molar-refractivity contribution >= 4 is 40.6 Å². The fraction of sp³-hybridized carbons (Fsp3) is 0.242. The molecule has 10 heteroatoms. The molecule has 0 radical (unpaired) electrons. The largest absolute Gasteiger partial charge is 0.497 e. The summed E-state index contributed by atoms with van der Waals surface area (Å²) >= 11 is 1.35. The zero-order valence-electron chi connectivity index (χ0n) is 24.8. The maximum absolute atomic E-state index is 13.3. The van der Waals surface area contributed by atoms with Crippen molar-refractivity contribution in [2.24, 2.45) is 0 Å². The predicted octanol–water partition coefficient (Wildman–Crippen LogP) is 6.48. The van der Waals surface area contributed by atoms with E-state index in [9.17, 15) is 14.4 Å². The van der Waals surface area contributed by atoms with Crippen LogP contribution in [0.3, 0.4) is 0 Å². The van der Waals surface area contributed by atoms with Gasteiger partial charge in [0.25, 0.3) is 5.91 Å². The summed E-state index contributed by atoms with van der Waals surface area (Å²) in [7, 11) is 4.78. The number of benzene rings is 3. The Bertz CT molecular complexity index is 1710. The van der Waals surface area contributed by atoms with Crippen LogP contribution in [0.1, 0.15) is 44.3 Å². The Kier molecular flexibility index (Phi) is 8.14. The monoisotopic (exact) mass is 600 g/mol. The number of rotatable bonds is 8. The fourth-order valence-electron chi connectivity index (χ4n) is 5.03. The van der Waals surface area contributed by atoms with E-state index in [0.717, 1.165) is 10.6 Å². The Hall–Kier alpha value is -4.83. The van der Waals surface area contributed by atoms with E-state index in [4.69, 9.17) is 18.9 Å². The van der Waals surface area contributed by atoms with Crippen LogP contribution in [0.2, 0.25) is 0 Å². The third kappa shape index (κ3) is 5.91. The zero-order chi connectivity index (χ0) is 30.9. The number of methoxy groups -OCH3 is 2. The number of esters is 2. The standard InChI is InChI=1S/C33H32N2O7S/c1-19-7-16-28(43-19)31(37)41-18-25-23(14-15-26-29(25)35(4)32(38)33(2,3)34-26)24-13-12-22(17-27(24)40-6)42-30(36)20-8-10-21(39-5)11-9-20/h7-17,34H,18H2,1-6H3. The lowest BCUT2D eigenvalue weighted by Gasteiger charge is -2.39. The molecule has 5 rings (SSSR count). The van der Waals surface area contributed by atoms with Gasteiger partial charge in [-0.3, -0.25) is 4.79 Å². The van der Waals surface area contributed by atoms with Crippen LogP contribution in [0.25, 0.3) is 11.1 Å². The minimum Gasteiger partial charge on any atom is -0.497 e. The van der Waals surface area contributed by atoms with Gasteiger partial charge in [-0.25, -0.2) is 9.59 Å². The molecule has 0 saturated heterocycles. The number of aryl methyl sites for hydroxylation is 1. The average Bonchev–Trinajstić information content (AvgIpc) is 3.44. The Morgan fingerprint density at radius 3 is 2.23 bits per heavy atom. The van der Waals surface area contributed by atoms with Gasteiger partial charge in [0.15, 0.2) is 0 Å². The Morgan fingerprint density at radius 2 is 1.58 bits per heavy atom. The van der Waals surface area contributed by atoms with Gasteiger partial charge in [-0.1, -0.05) is 6.07 Å². The molecule has 4 aromatic rings. The van der Waals surface area contributed by atoms with Gasteiger partial charge < -0.3 is 29.2 Å². The van der Waals surface area contributed by atoms with E-state index in [1.165, 1.54) is 18.4 Å². The summed E-state index contributed by atoms with van der Waals surface area (Å²) in [6.45, 7) is 5.46. The molecule has 2 heterocycles. The number of amides is 1. The molecule has 222 valence electrons. The van der Waals surface area contributed by atoms with Gasteiger partial charge >= 0.3 is 11.9 Å². The Morgan fingerprint density at radius 1 is 0.884 bits per heavy atom. The maximum Gasteiger partial charge on any atom is 0.348 e. The zero-order valence-corrected chi connectivity index (χ0v) is 25.6. The van der Waals surface area contributed by atoms with Crippen LogP contribution in [-0.2, 0) is 16.1 Å². The summed E-state index contributed by atoms with van der Waals surface area (Å²) < 4.78 is 22.3. The van der Waals surface area contributed by atoms with Crippen LogP contribution in [0.15, 0.2) is 66.7 Å².